The molecule has 6 nitrogen and oxygen atoms in total. The van der Waals surface area contributed by atoms with E-state index in [0.717, 1.165) is 0 Å². The zero-order chi connectivity index (χ0) is 16.1. The second-order valence-corrected chi connectivity index (χ2v) is 4.60. The highest BCUT2D eigenvalue weighted by Crippen LogP contribution is 2.31. The topological polar surface area (TPSA) is 81.5 Å². The highest BCUT2D eigenvalue weighted by Gasteiger charge is 2.19. The molecule has 0 spiro atoms. The number of halogens is 1. The van der Waals surface area contributed by atoms with Crippen LogP contribution in [0, 0.1) is 0 Å². The molecule has 0 aliphatic heterocycles. The Hall–Kier alpha value is -2.60. The minimum atomic E-state index is -1.11. The Balaban J connectivity index is 2.49. The van der Waals surface area contributed by atoms with Crippen molar-refractivity contribution >= 4 is 23.1 Å². The maximum Gasteiger partial charge on any atom is 0.339 e. The van der Waals surface area contributed by atoms with Crippen LogP contribution >= 0.6 is 11.6 Å². The first kappa shape index (κ1) is 15.8. The molecule has 0 amide bonds. The maximum atomic E-state index is 11.5. The van der Waals surface area contributed by atoms with Gasteiger partial charge in [-0.3, -0.25) is 0 Å². The van der Waals surface area contributed by atoms with E-state index in [9.17, 15) is 9.90 Å². The number of hydrogen-bond donors (Lipinski definition) is 1. The van der Waals surface area contributed by atoms with Gasteiger partial charge in [-0.05, 0) is 13.0 Å². The first-order valence-electron chi connectivity index (χ1n) is 6.26. The summed E-state index contributed by atoms with van der Waals surface area (Å²) in [5, 5.41) is 9.65. The van der Waals surface area contributed by atoms with Crippen LogP contribution in [0.2, 0.25) is 5.15 Å². The molecule has 0 atom stereocenters. The quantitative estimate of drug-likeness (QED) is 0.516. The van der Waals surface area contributed by atoms with Gasteiger partial charge in [-0.15, -0.1) is 0 Å². The number of rotatable bonds is 5. The second-order valence-electron chi connectivity index (χ2n) is 4.22. The van der Waals surface area contributed by atoms with E-state index in [-0.39, 0.29) is 22.4 Å². The molecule has 1 N–H and O–H groups in total. The molecular weight excluding hydrogens is 308 g/mol. The number of carboxylic acid groups (broad SMARTS) is 1. The zero-order valence-electron chi connectivity index (χ0n) is 11.9. The average molecular weight is 321 g/mol. The number of ether oxygens (including phenoxy) is 2. The minimum Gasteiger partial charge on any atom is -0.500 e. The highest BCUT2D eigenvalue weighted by atomic mass is 35.5. The van der Waals surface area contributed by atoms with Crippen LogP contribution in [0.1, 0.15) is 12.5 Å². The standard InChI is InChI=1S/C15H13ClN2O4/c1-9(21-2)14(15(19)20)10-5-3-4-6-11(10)22-13-7-12(16)17-8-18-13/h3-8H,1-2H3,(H,19,20). The lowest BCUT2D eigenvalue weighted by Crippen LogP contribution is -2.05. The van der Waals surface area contributed by atoms with Crippen LogP contribution in [-0.2, 0) is 9.53 Å². The van der Waals surface area contributed by atoms with Crippen LogP contribution in [0.15, 0.2) is 42.4 Å². The molecule has 2 aromatic rings. The van der Waals surface area contributed by atoms with Crippen molar-refractivity contribution in [3.8, 4) is 11.6 Å². The normalized spacial score (nSPS) is 11.6. The molecule has 22 heavy (non-hydrogen) atoms. The van der Waals surface area contributed by atoms with E-state index >= 15 is 0 Å². The summed E-state index contributed by atoms with van der Waals surface area (Å²) in [5.41, 5.74) is 0.391. The van der Waals surface area contributed by atoms with Gasteiger partial charge in [0.05, 0.1) is 7.11 Å². The van der Waals surface area contributed by atoms with E-state index in [4.69, 9.17) is 21.1 Å². The van der Waals surface area contributed by atoms with Gasteiger partial charge in [0.2, 0.25) is 5.88 Å². The Morgan fingerprint density at radius 3 is 2.64 bits per heavy atom. The van der Waals surface area contributed by atoms with E-state index < -0.39 is 5.97 Å². The van der Waals surface area contributed by atoms with Gasteiger partial charge in [-0.25, -0.2) is 14.8 Å². The fourth-order valence-corrected chi connectivity index (χ4v) is 1.94. The number of benzene rings is 1. The molecule has 114 valence electrons. The SMILES string of the molecule is COC(C)=C(C(=O)O)c1ccccc1Oc1cc(Cl)ncn1. The fraction of sp³-hybridized carbons (Fsp3) is 0.133. The van der Waals surface area contributed by atoms with Crippen LogP contribution in [-0.4, -0.2) is 28.2 Å². The van der Waals surface area contributed by atoms with Crippen molar-refractivity contribution in [1.82, 2.24) is 9.97 Å². The summed E-state index contributed by atoms with van der Waals surface area (Å²) in [7, 11) is 1.41. The predicted octanol–water partition coefficient (Wildman–Crippen LogP) is 3.38. The summed E-state index contributed by atoms with van der Waals surface area (Å²) in [6, 6.07) is 8.14. The number of allylic oxidation sites excluding steroid dienone is 1. The Morgan fingerprint density at radius 1 is 1.27 bits per heavy atom. The van der Waals surface area contributed by atoms with Crippen molar-refractivity contribution in [3.05, 3.63) is 53.1 Å². The summed E-state index contributed by atoms with van der Waals surface area (Å²) in [6.07, 6.45) is 1.26. The first-order chi connectivity index (χ1) is 10.5. The van der Waals surface area contributed by atoms with Crippen molar-refractivity contribution in [2.75, 3.05) is 7.11 Å². The molecule has 7 heteroatoms. The predicted molar refractivity (Wildman–Crippen MR) is 80.8 cm³/mol. The molecule has 1 aromatic heterocycles. The van der Waals surface area contributed by atoms with Crippen molar-refractivity contribution in [3.63, 3.8) is 0 Å². The van der Waals surface area contributed by atoms with Gasteiger partial charge < -0.3 is 14.6 Å². The van der Waals surface area contributed by atoms with Crippen LogP contribution in [0.4, 0.5) is 0 Å². The van der Waals surface area contributed by atoms with Crippen molar-refractivity contribution in [2.24, 2.45) is 0 Å². The van der Waals surface area contributed by atoms with Crippen molar-refractivity contribution in [2.45, 2.75) is 6.92 Å². The summed E-state index contributed by atoms with van der Waals surface area (Å²) < 4.78 is 10.7. The molecule has 2 rings (SSSR count). The number of hydrogen-bond acceptors (Lipinski definition) is 5. The minimum absolute atomic E-state index is 0.0123. The Morgan fingerprint density at radius 2 is 2.00 bits per heavy atom. The second kappa shape index (κ2) is 6.91. The third-order valence-electron chi connectivity index (χ3n) is 2.85. The summed E-state index contributed by atoms with van der Waals surface area (Å²) in [5.74, 6) is -0.307. The zero-order valence-corrected chi connectivity index (χ0v) is 12.7. The largest absolute Gasteiger partial charge is 0.500 e. The van der Waals surface area contributed by atoms with Crippen molar-refractivity contribution in [1.29, 1.82) is 0 Å². The molecule has 0 saturated heterocycles. The lowest BCUT2D eigenvalue weighted by molar-refractivity contribution is -0.130. The summed E-state index contributed by atoms with van der Waals surface area (Å²) in [4.78, 5) is 19.2. The number of aliphatic carboxylic acids is 1. The number of para-hydroxylation sites is 1. The molecule has 1 heterocycles. The maximum absolute atomic E-state index is 11.5. The van der Waals surface area contributed by atoms with E-state index in [1.54, 1.807) is 31.2 Å². The molecule has 0 saturated carbocycles. The lowest BCUT2D eigenvalue weighted by Gasteiger charge is -2.13. The van der Waals surface area contributed by atoms with Gasteiger partial charge in [-0.2, -0.15) is 0 Å². The fourth-order valence-electron chi connectivity index (χ4n) is 1.81. The van der Waals surface area contributed by atoms with Crippen LogP contribution in [0.25, 0.3) is 5.57 Å². The first-order valence-corrected chi connectivity index (χ1v) is 6.63. The average Bonchev–Trinajstić information content (AvgIpc) is 2.48. The molecule has 0 bridgehead atoms. The number of carboxylic acids is 1. The summed E-state index contributed by atoms with van der Waals surface area (Å²) >= 11 is 5.78. The van der Waals surface area contributed by atoms with Gasteiger partial charge in [0.15, 0.2) is 0 Å². The van der Waals surface area contributed by atoms with Gasteiger partial charge in [0.25, 0.3) is 0 Å². The van der Waals surface area contributed by atoms with E-state index in [1.807, 2.05) is 0 Å². The third kappa shape index (κ3) is 3.53. The monoisotopic (exact) mass is 320 g/mol. The lowest BCUT2D eigenvalue weighted by atomic mass is 10.0. The number of aromatic nitrogens is 2. The van der Waals surface area contributed by atoms with Crippen LogP contribution in [0.3, 0.4) is 0 Å². The van der Waals surface area contributed by atoms with Gasteiger partial charge in [0, 0.05) is 11.6 Å². The highest BCUT2D eigenvalue weighted by molar-refractivity contribution is 6.29. The number of nitrogens with zero attached hydrogens (tertiary/aromatic N) is 2. The molecule has 0 fully saturated rings. The van der Waals surface area contributed by atoms with Crippen molar-refractivity contribution < 1.29 is 19.4 Å². The molecule has 0 aliphatic carbocycles. The summed E-state index contributed by atoms with van der Waals surface area (Å²) in [6.45, 7) is 1.57. The Labute approximate surface area is 132 Å². The number of carbonyl (C=O) groups is 1. The van der Waals surface area contributed by atoms with Crippen LogP contribution in [0.5, 0.6) is 11.6 Å². The smallest absolute Gasteiger partial charge is 0.339 e. The van der Waals surface area contributed by atoms with E-state index in [1.165, 1.54) is 19.5 Å². The molecule has 1 aromatic carbocycles. The van der Waals surface area contributed by atoms with E-state index in [0.29, 0.717) is 11.3 Å². The number of methoxy groups -OCH3 is 1. The molecular formula is C15H13ClN2O4. The molecule has 0 unspecified atom stereocenters. The Kier molecular flexibility index (Phi) is 4.95. The molecule has 0 aliphatic rings. The third-order valence-corrected chi connectivity index (χ3v) is 3.06. The van der Waals surface area contributed by atoms with Gasteiger partial charge in [-0.1, -0.05) is 29.8 Å². The van der Waals surface area contributed by atoms with Gasteiger partial charge in [0.1, 0.15) is 28.6 Å². The Bertz CT molecular complexity index is 731. The van der Waals surface area contributed by atoms with Crippen LogP contribution < -0.4 is 4.74 Å². The molecule has 0 radical (unpaired) electrons. The van der Waals surface area contributed by atoms with Gasteiger partial charge >= 0.3 is 5.97 Å². The van der Waals surface area contributed by atoms with E-state index in [2.05, 4.69) is 9.97 Å².